The Balaban J connectivity index is 1.37. The summed E-state index contributed by atoms with van der Waals surface area (Å²) < 4.78 is 3.67. The van der Waals surface area contributed by atoms with Crippen LogP contribution in [0.15, 0.2) is 36.5 Å². The number of amides is 1. The number of aryl methyl sites for hydroxylation is 3. The second-order valence-corrected chi connectivity index (χ2v) is 8.79. The number of rotatable bonds is 6. The number of hydrogen-bond donors (Lipinski definition) is 1. The Bertz CT molecular complexity index is 1330. The fourth-order valence-corrected chi connectivity index (χ4v) is 4.45. The summed E-state index contributed by atoms with van der Waals surface area (Å²) in [6, 6.07) is 10.4. The Morgan fingerprint density at radius 3 is 2.53 bits per heavy atom. The highest BCUT2D eigenvalue weighted by atomic mass is 16.2. The number of carbonyl (C=O) groups excluding carboxylic acids is 1. The molecule has 3 aromatic heterocycles. The van der Waals surface area contributed by atoms with Crippen LogP contribution in [-0.2, 0) is 17.9 Å². The largest absolute Gasteiger partial charge is 0.321 e. The third-order valence-electron chi connectivity index (χ3n) is 6.38. The molecule has 0 atom stereocenters. The highest BCUT2D eigenvalue weighted by molar-refractivity contribution is 5.93. The van der Waals surface area contributed by atoms with Crippen LogP contribution in [0.1, 0.15) is 52.5 Å². The highest BCUT2D eigenvalue weighted by Crippen LogP contribution is 2.43. The van der Waals surface area contributed by atoms with Crippen molar-refractivity contribution in [2.75, 3.05) is 5.32 Å². The zero-order valence-electron chi connectivity index (χ0n) is 19.0. The van der Waals surface area contributed by atoms with E-state index in [-0.39, 0.29) is 12.5 Å². The summed E-state index contributed by atoms with van der Waals surface area (Å²) in [5.41, 5.74) is 7.98. The van der Waals surface area contributed by atoms with Gasteiger partial charge in [-0.2, -0.15) is 10.2 Å². The van der Waals surface area contributed by atoms with Crippen molar-refractivity contribution in [2.24, 2.45) is 0 Å². The molecule has 1 amide bonds. The first kappa shape index (κ1) is 20.4. The van der Waals surface area contributed by atoms with Gasteiger partial charge in [-0.15, -0.1) is 0 Å². The van der Waals surface area contributed by atoms with Gasteiger partial charge >= 0.3 is 0 Å². The van der Waals surface area contributed by atoms with E-state index in [1.54, 1.807) is 4.68 Å². The van der Waals surface area contributed by atoms with Crippen molar-refractivity contribution in [3.63, 3.8) is 0 Å². The smallest absolute Gasteiger partial charge is 0.246 e. The lowest BCUT2D eigenvalue weighted by Crippen LogP contribution is -2.20. The molecule has 1 aliphatic carbocycles. The Morgan fingerprint density at radius 2 is 1.78 bits per heavy atom. The second-order valence-electron chi connectivity index (χ2n) is 8.79. The maximum absolute atomic E-state index is 13.0. The van der Waals surface area contributed by atoms with Crippen LogP contribution < -0.4 is 5.32 Å². The standard InChI is InChI=1S/C25H28N6O/c1-15-7-5-6-8-20(15)13-30-18(4)24(17(3)29-30)27-22(32)14-31-25-23(16(2)28-31)21(11-12-26-25)19-9-10-19/h5-8,11-12,19H,9-10,13-14H2,1-4H3,(H,27,32). The van der Waals surface area contributed by atoms with Gasteiger partial charge in [0.25, 0.3) is 0 Å². The summed E-state index contributed by atoms with van der Waals surface area (Å²) in [6.07, 6.45) is 4.26. The van der Waals surface area contributed by atoms with Crippen LogP contribution in [0.2, 0.25) is 0 Å². The first-order valence-corrected chi connectivity index (χ1v) is 11.1. The van der Waals surface area contributed by atoms with Crippen molar-refractivity contribution in [3.05, 3.63) is 70.3 Å². The Kier molecular flexibility index (Phi) is 5.04. The van der Waals surface area contributed by atoms with E-state index in [1.165, 1.54) is 29.5 Å². The molecule has 0 saturated heterocycles. The molecule has 7 heteroatoms. The van der Waals surface area contributed by atoms with Crippen molar-refractivity contribution in [2.45, 2.75) is 59.5 Å². The minimum atomic E-state index is -0.130. The fraction of sp³-hybridized carbons (Fsp3) is 0.360. The molecule has 164 valence electrons. The number of pyridine rings is 1. The molecule has 5 rings (SSSR count). The molecule has 1 aliphatic rings. The van der Waals surface area contributed by atoms with Crippen LogP contribution >= 0.6 is 0 Å². The second kappa shape index (κ2) is 7.89. The maximum Gasteiger partial charge on any atom is 0.246 e. The number of hydrogen-bond acceptors (Lipinski definition) is 4. The zero-order chi connectivity index (χ0) is 22.4. The molecular weight excluding hydrogens is 400 g/mol. The van der Waals surface area contributed by atoms with Crippen molar-refractivity contribution in [3.8, 4) is 0 Å². The summed E-state index contributed by atoms with van der Waals surface area (Å²) in [6.45, 7) is 8.80. The van der Waals surface area contributed by atoms with Crippen LogP contribution in [0.3, 0.4) is 0 Å². The lowest BCUT2D eigenvalue weighted by molar-refractivity contribution is -0.116. The quantitative estimate of drug-likeness (QED) is 0.493. The lowest BCUT2D eigenvalue weighted by Gasteiger charge is -2.09. The Morgan fingerprint density at radius 1 is 1.03 bits per heavy atom. The number of benzene rings is 1. The van der Waals surface area contributed by atoms with Gasteiger partial charge in [-0.25, -0.2) is 9.67 Å². The van der Waals surface area contributed by atoms with Gasteiger partial charge < -0.3 is 5.32 Å². The highest BCUT2D eigenvalue weighted by Gasteiger charge is 2.28. The van der Waals surface area contributed by atoms with Gasteiger partial charge in [-0.1, -0.05) is 24.3 Å². The van der Waals surface area contributed by atoms with Gasteiger partial charge in [0.05, 0.1) is 29.3 Å². The van der Waals surface area contributed by atoms with Crippen molar-refractivity contribution < 1.29 is 4.79 Å². The van der Waals surface area contributed by atoms with Crippen LogP contribution in [0.25, 0.3) is 11.0 Å². The number of fused-ring (bicyclic) bond motifs is 1. The molecule has 1 aromatic carbocycles. The summed E-state index contributed by atoms with van der Waals surface area (Å²) in [5, 5.41) is 13.5. The van der Waals surface area contributed by atoms with E-state index >= 15 is 0 Å². The lowest BCUT2D eigenvalue weighted by atomic mass is 10.1. The fourth-order valence-electron chi connectivity index (χ4n) is 4.45. The summed E-state index contributed by atoms with van der Waals surface area (Å²) in [5.74, 6) is 0.477. The molecule has 0 spiro atoms. The van der Waals surface area contributed by atoms with E-state index in [0.29, 0.717) is 12.5 Å². The Labute approximate surface area is 187 Å². The van der Waals surface area contributed by atoms with Crippen LogP contribution in [0.4, 0.5) is 5.69 Å². The number of aromatic nitrogens is 5. The van der Waals surface area contributed by atoms with Crippen LogP contribution in [0, 0.1) is 27.7 Å². The maximum atomic E-state index is 13.0. The molecule has 0 aliphatic heterocycles. The summed E-state index contributed by atoms with van der Waals surface area (Å²) >= 11 is 0. The molecule has 1 N–H and O–H groups in total. The van der Waals surface area contributed by atoms with E-state index < -0.39 is 0 Å². The van der Waals surface area contributed by atoms with Gasteiger partial charge in [-0.05, 0) is 69.2 Å². The predicted octanol–water partition coefficient (Wildman–Crippen LogP) is 4.43. The monoisotopic (exact) mass is 428 g/mol. The van der Waals surface area contributed by atoms with E-state index in [2.05, 4.69) is 45.6 Å². The minimum absolute atomic E-state index is 0.118. The van der Waals surface area contributed by atoms with Gasteiger partial charge in [0.2, 0.25) is 5.91 Å². The molecule has 7 nitrogen and oxygen atoms in total. The van der Waals surface area contributed by atoms with Gasteiger partial charge in [0.1, 0.15) is 6.54 Å². The molecule has 32 heavy (non-hydrogen) atoms. The first-order chi connectivity index (χ1) is 15.4. The SMILES string of the molecule is Cc1ccccc1Cn1nc(C)c(NC(=O)Cn2nc(C)c3c(C4CC4)ccnc32)c1C. The van der Waals surface area contributed by atoms with Gasteiger partial charge in [0.15, 0.2) is 5.65 Å². The third kappa shape index (κ3) is 3.68. The molecular formula is C25H28N6O. The number of nitrogens with zero attached hydrogens (tertiary/aromatic N) is 5. The first-order valence-electron chi connectivity index (χ1n) is 11.1. The number of anilines is 1. The van der Waals surface area contributed by atoms with Crippen molar-refractivity contribution in [1.82, 2.24) is 24.5 Å². The molecule has 0 bridgehead atoms. The van der Waals surface area contributed by atoms with Crippen molar-refractivity contribution in [1.29, 1.82) is 0 Å². The van der Waals surface area contributed by atoms with Crippen molar-refractivity contribution >= 4 is 22.6 Å². The zero-order valence-corrected chi connectivity index (χ0v) is 19.0. The van der Waals surface area contributed by atoms with E-state index in [1.807, 2.05) is 43.8 Å². The average Bonchev–Trinajstić information content (AvgIpc) is 3.52. The molecule has 4 aromatic rings. The normalized spacial score (nSPS) is 13.6. The topological polar surface area (TPSA) is 77.6 Å². The van der Waals surface area contributed by atoms with E-state index in [0.717, 1.165) is 33.8 Å². The molecule has 1 fully saturated rings. The number of carbonyl (C=O) groups is 1. The minimum Gasteiger partial charge on any atom is -0.321 e. The third-order valence-corrected chi connectivity index (χ3v) is 6.38. The van der Waals surface area contributed by atoms with Crippen LogP contribution in [0.5, 0.6) is 0 Å². The van der Waals surface area contributed by atoms with Gasteiger partial charge in [-0.3, -0.25) is 9.48 Å². The average molecular weight is 429 g/mol. The molecule has 0 radical (unpaired) electrons. The molecule has 0 unspecified atom stereocenters. The molecule has 1 saturated carbocycles. The number of nitrogens with one attached hydrogen (secondary N) is 1. The molecule has 3 heterocycles. The summed E-state index contributed by atoms with van der Waals surface area (Å²) in [7, 11) is 0. The van der Waals surface area contributed by atoms with E-state index in [4.69, 9.17) is 0 Å². The predicted molar refractivity (Wildman–Crippen MR) is 125 cm³/mol. The Hall–Kier alpha value is -3.48. The van der Waals surface area contributed by atoms with Gasteiger partial charge in [0, 0.05) is 11.6 Å². The summed E-state index contributed by atoms with van der Waals surface area (Å²) in [4.78, 5) is 17.5. The van der Waals surface area contributed by atoms with E-state index in [9.17, 15) is 4.79 Å². The van der Waals surface area contributed by atoms with Crippen LogP contribution in [-0.4, -0.2) is 30.5 Å².